The average molecular weight is 415 g/mol. The largest absolute Gasteiger partial charge is 0.478 e. The Morgan fingerprint density at radius 1 is 1.15 bits per heavy atom. The molecule has 0 aromatic heterocycles. The van der Waals surface area contributed by atoms with E-state index >= 15 is 0 Å². The van der Waals surface area contributed by atoms with Crippen molar-refractivity contribution in [2.45, 2.75) is 63.5 Å². The van der Waals surface area contributed by atoms with Gasteiger partial charge in [0, 0.05) is 24.0 Å². The Hall–Kier alpha value is -1.47. The standard InChI is InChI=1S/C19H27ClN2O4S/c1-27(24,25)22-12-11-18(26-17-10-9-14(20)13-16(17)22)19(23)21-15-7-5-3-2-4-6-8-15/h9-10,13,15,18H,2-8,11-12H2,1H3,(H,21,23)/t18-/m0/s1. The van der Waals surface area contributed by atoms with Crippen molar-refractivity contribution >= 4 is 33.2 Å². The third-order valence-electron chi connectivity index (χ3n) is 5.20. The number of anilines is 1. The Labute approximate surface area is 166 Å². The van der Waals surface area contributed by atoms with Crippen LogP contribution in [0.2, 0.25) is 5.02 Å². The zero-order chi connectivity index (χ0) is 19.4. The number of sulfonamides is 1. The minimum Gasteiger partial charge on any atom is -0.478 e. The quantitative estimate of drug-likeness (QED) is 0.821. The highest BCUT2D eigenvalue weighted by molar-refractivity contribution is 7.92. The van der Waals surface area contributed by atoms with Gasteiger partial charge in [0.05, 0.1) is 11.9 Å². The SMILES string of the molecule is CS(=O)(=O)N1CC[C@@H](C(=O)NC2CCCCCCC2)Oc2ccc(Cl)cc21. The molecule has 1 fully saturated rings. The molecule has 1 saturated carbocycles. The van der Waals surface area contributed by atoms with Crippen LogP contribution in [0.4, 0.5) is 5.69 Å². The van der Waals surface area contributed by atoms with Crippen LogP contribution in [0.3, 0.4) is 0 Å². The first-order chi connectivity index (χ1) is 12.8. The van der Waals surface area contributed by atoms with E-state index in [0.29, 0.717) is 16.5 Å². The van der Waals surface area contributed by atoms with E-state index in [1.54, 1.807) is 18.2 Å². The lowest BCUT2D eigenvalue weighted by atomic mass is 9.96. The van der Waals surface area contributed by atoms with E-state index in [-0.39, 0.29) is 24.9 Å². The number of carbonyl (C=O) groups excluding carboxylic acids is 1. The lowest BCUT2D eigenvalue weighted by molar-refractivity contribution is -0.128. The Morgan fingerprint density at radius 3 is 2.48 bits per heavy atom. The van der Waals surface area contributed by atoms with Crippen LogP contribution in [0.25, 0.3) is 0 Å². The zero-order valence-corrected chi connectivity index (χ0v) is 17.2. The number of nitrogens with zero attached hydrogens (tertiary/aromatic N) is 1. The normalized spacial score (nSPS) is 22.0. The second kappa shape index (κ2) is 8.69. The summed E-state index contributed by atoms with van der Waals surface area (Å²) in [6.45, 7) is 0.176. The van der Waals surface area contributed by atoms with Gasteiger partial charge in [-0.2, -0.15) is 0 Å². The smallest absolute Gasteiger partial charge is 0.261 e. The summed E-state index contributed by atoms with van der Waals surface area (Å²) in [7, 11) is -3.50. The summed E-state index contributed by atoms with van der Waals surface area (Å²) >= 11 is 6.05. The fourth-order valence-electron chi connectivity index (χ4n) is 3.78. The molecular weight excluding hydrogens is 388 g/mol. The van der Waals surface area contributed by atoms with Gasteiger partial charge in [0.2, 0.25) is 10.0 Å². The predicted octanol–water partition coefficient (Wildman–Crippen LogP) is 3.49. The number of nitrogens with one attached hydrogen (secondary N) is 1. The number of hydrogen-bond acceptors (Lipinski definition) is 4. The van der Waals surface area contributed by atoms with Crippen molar-refractivity contribution in [1.82, 2.24) is 5.32 Å². The molecule has 1 atom stereocenters. The molecule has 1 aliphatic carbocycles. The molecule has 0 bridgehead atoms. The first kappa shape index (κ1) is 20.3. The van der Waals surface area contributed by atoms with Crippen molar-refractivity contribution in [3.63, 3.8) is 0 Å². The van der Waals surface area contributed by atoms with Gasteiger partial charge in [-0.25, -0.2) is 8.42 Å². The van der Waals surface area contributed by atoms with Crippen LogP contribution in [0.15, 0.2) is 18.2 Å². The Kier molecular flexibility index (Phi) is 6.52. The number of halogens is 1. The highest BCUT2D eigenvalue weighted by Gasteiger charge is 2.32. The third kappa shape index (κ3) is 5.29. The van der Waals surface area contributed by atoms with E-state index in [2.05, 4.69) is 5.32 Å². The molecule has 0 unspecified atom stereocenters. The van der Waals surface area contributed by atoms with Crippen molar-refractivity contribution in [3.05, 3.63) is 23.2 Å². The van der Waals surface area contributed by atoms with E-state index < -0.39 is 16.1 Å². The van der Waals surface area contributed by atoms with Crippen molar-refractivity contribution in [1.29, 1.82) is 0 Å². The van der Waals surface area contributed by atoms with Gasteiger partial charge >= 0.3 is 0 Å². The molecule has 0 radical (unpaired) electrons. The van der Waals surface area contributed by atoms with E-state index in [1.807, 2.05) is 0 Å². The van der Waals surface area contributed by atoms with Gasteiger partial charge in [0.15, 0.2) is 6.10 Å². The van der Waals surface area contributed by atoms with Gasteiger partial charge in [-0.05, 0) is 31.0 Å². The van der Waals surface area contributed by atoms with E-state index in [1.165, 1.54) is 23.6 Å². The molecule has 150 valence electrons. The number of fused-ring (bicyclic) bond motifs is 1. The minimum atomic E-state index is -3.50. The Morgan fingerprint density at radius 2 is 1.81 bits per heavy atom. The molecule has 1 aliphatic heterocycles. The molecule has 1 N–H and O–H groups in total. The maximum Gasteiger partial charge on any atom is 0.261 e. The minimum absolute atomic E-state index is 0.167. The Balaban J connectivity index is 1.76. The van der Waals surface area contributed by atoms with Gasteiger partial charge in [-0.15, -0.1) is 0 Å². The fraction of sp³-hybridized carbons (Fsp3) is 0.632. The van der Waals surface area contributed by atoms with Gasteiger partial charge in [-0.3, -0.25) is 9.10 Å². The van der Waals surface area contributed by atoms with Crippen LogP contribution in [-0.2, 0) is 14.8 Å². The summed E-state index contributed by atoms with van der Waals surface area (Å²) < 4.78 is 31.6. The second-order valence-electron chi connectivity index (χ2n) is 7.39. The maximum atomic E-state index is 12.8. The second-order valence-corrected chi connectivity index (χ2v) is 9.74. The van der Waals surface area contributed by atoms with Crippen LogP contribution >= 0.6 is 11.6 Å². The fourth-order valence-corrected chi connectivity index (χ4v) is 4.88. The first-order valence-corrected chi connectivity index (χ1v) is 11.8. The van der Waals surface area contributed by atoms with E-state index in [4.69, 9.17) is 16.3 Å². The number of ether oxygens (including phenoxy) is 1. The van der Waals surface area contributed by atoms with Crippen LogP contribution in [0.5, 0.6) is 5.75 Å². The van der Waals surface area contributed by atoms with E-state index in [0.717, 1.165) is 31.9 Å². The van der Waals surface area contributed by atoms with Crippen LogP contribution < -0.4 is 14.4 Å². The van der Waals surface area contributed by atoms with E-state index in [9.17, 15) is 13.2 Å². The van der Waals surface area contributed by atoms with Crippen LogP contribution in [0.1, 0.15) is 51.4 Å². The van der Waals surface area contributed by atoms with Gasteiger partial charge in [0.25, 0.3) is 5.91 Å². The molecule has 0 spiro atoms. The maximum absolute atomic E-state index is 12.8. The number of carbonyl (C=O) groups is 1. The van der Waals surface area contributed by atoms with Crippen molar-refractivity contribution in [2.75, 3.05) is 17.1 Å². The molecule has 8 heteroatoms. The number of amides is 1. The molecule has 6 nitrogen and oxygen atoms in total. The summed E-state index contributed by atoms with van der Waals surface area (Å²) in [5.41, 5.74) is 0.381. The lowest BCUT2D eigenvalue weighted by Gasteiger charge is -2.24. The topological polar surface area (TPSA) is 75.7 Å². The molecule has 3 rings (SSSR count). The van der Waals surface area contributed by atoms with Crippen molar-refractivity contribution in [3.8, 4) is 5.75 Å². The van der Waals surface area contributed by atoms with Gasteiger partial charge in [-0.1, -0.05) is 43.7 Å². The molecule has 27 heavy (non-hydrogen) atoms. The molecule has 1 heterocycles. The summed E-state index contributed by atoms with van der Waals surface area (Å²) in [6.07, 6.45) is 8.63. The lowest BCUT2D eigenvalue weighted by Crippen LogP contribution is -2.44. The monoisotopic (exact) mass is 414 g/mol. The third-order valence-corrected chi connectivity index (χ3v) is 6.61. The summed E-state index contributed by atoms with van der Waals surface area (Å²) in [4.78, 5) is 12.8. The van der Waals surface area contributed by atoms with Crippen molar-refractivity contribution < 1.29 is 17.9 Å². The highest BCUT2D eigenvalue weighted by atomic mass is 35.5. The van der Waals surface area contributed by atoms with Gasteiger partial charge < -0.3 is 10.1 Å². The van der Waals surface area contributed by atoms with Crippen LogP contribution in [-0.4, -0.2) is 39.3 Å². The predicted molar refractivity (Wildman–Crippen MR) is 107 cm³/mol. The number of rotatable bonds is 3. The average Bonchev–Trinajstić information content (AvgIpc) is 2.76. The molecule has 1 aromatic carbocycles. The van der Waals surface area contributed by atoms with Crippen molar-refractivity contribution in [2.24, 2.45) is 0 Å². The number of benzene rings is 1. The first-order valence-electron chi connectivity index (χ1n) is 9.59. The molecule has 2 aliphatic rings. The molecule has 1 aromatic rings. The van der Waals surface area contributed by atoms with Gasteiger partial charge in [0.1, 0.15) is 5.75 Å². The summed E-state index contributed by atoms with van der Waals surface area (Å²) in [6, 6.07) is 4.99. The zero-order valence-electron chi connectivity index (χ0n) is 15.6. The molecular formula is C19H27ClN2O4S. The summed E-state index contributed by atoms with van der Waals surface area (Å²) in [5.74, 6) is 0.192. The van der Waals surface area contributed by atoms with Crippen LogP contribution in [0, 0.1) is 0 Å². The molecule has 0 saturated heterocycles. The highest BCUT2D eigenvalue weighted by Crippen LogP contribution is 2.36. The Bertz CT molecular complexity index is 776. The summed E-state index contributed by atoms with van der Waals surface area (Å²) in [5, 5.41) is 3.54. The number of hydrogen-bond donors (Lipinski definition) is 1. The molecule has 1 amide bonds.